The molecule has 0 saturated carbocycles. The van der Waals surface area contributed by atoms with Gasteiger partial charge in [0.05, 0.1) is 0 Å². The van der Waals surface area contributed by atoms with Crippen LogP contribution in [0.15, 0.2) is 30.3 Å². The van der Waals surface area contributed by atoms with Gasteiger partial charge in [-0.05, 0) is 38.8 Å². The second-order valence-corrected chi connectivity index (χ2v) is 5.25. The van der Waals surface area contributed by atoms with Crippen LogP contribution in [-0.4, -0.2) is 30.1 Å². The standard InChI is InChI=1S/C15H24N2/c1-13(2)17(15-9-6-10-16-11-15)12-14-7-4-3-5-8-14/h3-5,7-8,13,15-16H,6,9-12H2,1-2H3/t15-/m0/s1. The van der Waals surface area contributed by atoms with Gasteiger partial charge in [-0.3, -0.25) is 4.90 Å². The van der Waals surface area contributed by atoms with Crippen LogP contribution in [0, 0.1) is 0 Å². The molecule has 1 fully saturated rings. The van der Waals surface area contributed by atoms with Gasteiger partial charge in [0.2, 0.25) is 0 Å². The molecule has 2 heteroatoms. The predicted octanol–water partition coefficient (Wildman–Crippen LogP) is 2.65. The van der Waals surface area contributed by atoms with Crippen LogP contribution < -0.4 is 5.32 Å². The predicted molar refractivity (Wildman–Crippen MR) is 73.0 cm³/mol. The zero-order valence-electron chi connectivity index (χ0n) is 11.0. The van der Waals surface area contributed by atoms with Gasteiger partial charge in [-0.15, -0.1) is 0 Å². The molecule has 1 aromatic carbocycles. The van der Waals surface area contributed by atoms with E-state index in [-0.39, 0.29) is 0 Å². The van der Waals surface area contributed by atoms with Crippen molar-refractivity contribution < 1.29 is 0 Å². The van der Waals surface area contributed by atoms with Gasteiger partial charge in [-0.1, -0.05) is 30.3 Å². The van der Waals surface area contributed by atoms with E-state index in [0.29, 0.717) is 12.1 Å². The van der Waals surface area contributed by atoms with Gasteiger partial charge in [0.15, 0.2) is 0 Å². The van der Waals surface area contributed by atoms with E-state index in [9.17, 15) is 0 Å². The number of benzene rings is 1. The number of hydrogen-bond donors (Lipinski definition) is 1. The van der Waals surface area contributed by atoms with Crippen molar-refractivity contribution in [3.8, 4) is 0 Å². The first-order chi connectivity index (χ1) is 8.27. The molecule has 1 aliphatic rings. The highest BCUT2D eigenvalue weighted by Crippen LogP contribution is 2.17. The highest BCUT2D eigenvalue weighted by atomic mass is 15.2. The Morgan fingerprint density at radius 2 is 2.06 bits per heavy atom. The molecule has 0 spiro atoms. The zero-order chi connectivity index (χ0) is 12.1. The topological polar surface area (TPSA) is 15.3 Å². The Labute approximate surface area is 105 Å². The van der Waals surface area contributed by atoms with E-state index >= 15 is 0 Å². The largest absolute Gasteiger partial charge is 0.315 e. The maximum atomic E-state index is 3.51. The van der Waals surface area contributed by atoms with Crippen molar-refractivity contribution in [1.82, 2.24) is 10.2 Å². The van der Waals surface area contributed by atoms with E-state index < -0.39 is 0 Å². The Kier molecular flexibility index (Phi) is 4.57. The number of rotatable bonds is 4. The molecular formula is C15H24N2. The lowest BCUT2D eigenvalue weighted by Gasteiger charge is -2.37. The molecule has 17 heavy (non-hydrogen) atoms. The molecular weight excluding hydrogens is 208 g/mol. The lowest BCUT2D eigenvalue weighted by atomic mass is 10.0. The van der Waals surface area contributed by atoms with Crippen molar-refractivity contribution in [3.05, 3.63) is 35.9 Å². The Balaban J connectivity index is 2.01. The minimum atomic E-state index is 0.611. The van der Waals surface area contributed by atoms with Crippen molar-refractivity contribution in [1.29, 1.82) is 0 Å². The summed E-state index contributed by atoms with van der Waals surface area (Å²) < 4.78 is 0. The summed E-state index contributed by atoms with van der Waals surface area (Å²) in [5.41, 5.74) is 1.42. The van der Waals surface area contributed by atoms with E-state index in [2.05, 4.69) is 54.4 Å². The highest BCUT2D eigenvalue weighted by molar-refractivity contribution is 5.14. The third kappa shape index (κ3) is 3.55. The molecule has 0 unspecified atom stereocenters. The van der Waals surface area contributed by atoms with Gasteiger partial charge in [0.25, 0.3) is 0 Å². The van der Waals surface area contributed by atoms with Gasteiger partial charge in [0.1, 0.15) is 0 Å². The fraction of sp³-hybridized carbons (Fsp3) is 0.600. The van der Waals surface area contributed by atoms with Gasteiger partial charge in [-0.2, -0.15) is 0 Å². The molecule has 1 atom stereocenters. The number of hydrogen-bond acceptors (Lipinski definition) is 2. The summed E-state index contributed by atoms with van der Waals surface area (Å²) in [5.74, 6) is 0. The normalized spacial score (nSPS) is 21.1. The Morgan fingerprint density at radius 3 is 2.65 bits per heavy atom. The van der Waals surface area contributed by atoms with Crippen molar-refractivity contribution in [2.75, 3.05) is 13.1 Å². The molecule has 0 bridgehead atoms. The minimum Gasteiger partial charge on any atom is -0.315 e. The van der Waals surface area contributed by atoms with Crippen LogP contribution in [-0.2, 0) is 6.54 Å². The van der Waals surface area contributed by atoms with Crippen LogP contribution in [0.3, 0.4) is 0 Å². The van der Waals surface area contributed by atoms with Gasteiger partial charge in [0, 0.05) is 25.2 Å². The van der Waals surface area contributed by atoms with Crippen LogP contribution in [0.5, 0.6) is 0 Å². The molecule has 0 amide bonds. The van der Waals surface area contributed by atoms with Crippen LogP contribution >= 0.6 is 0 Å². The first kappa shape index (κ1) is 12.6. The van der Waals surface area contributed by atoms with E-state index in [4.69, 9.17) is 0 Å². The molecule has 1 aliphatic heterocycles. The summed E-state index contributed by atoms with van der Waals surface area (Å²) in [5, 5.41) is 3.51. The van der Waals surface area contributed by atoms with E-state index in [0.717, 1.165) is 13.1 Å². The SMILES string of the molecule is CC(C)N(Cc1ccccc1)[C@H]1CCCNC1. The first-order valence-electron chi connectivity index (χ1n) is 6.78. The van der Waals surface area contributed by atoms with E-state index in [1.807, 2.05) is 0 Å². The maximum absolute atomic E-state index is 3.51. The summed E-state index contributed by atoms with van der Waals surface area (Å²) in [6, 6.07) is 12.1. The van der Waals surface area contributed by atoms with Crippen LogP contribution in [0.4, 0.5) is 0 Å². The molecule has 0 radical (unpaired) electrons. The van der Waals surface area contributed by atoms with E-state index in [1.165, 1.54) is 24.9 Å². The van der Waals surface area contributed by atoms with Crippen molar-refractivity contribution in [2.45, 2.75) is 45.3 Å². The highest BCUT2D eigenvalue weighted by Gasteiger charge is 2.22. The van der Waals surface area contributed by atoms with Crippen LogP contribution in [0.2, 0.25) is 0 Å². The molecule has 1 heterocycles. The smallest absolute Gasteiger partial charge is 0.0239 e. The van der Waals surface area contributed by atoms with E-state index in [1.54, 1.807) is 0 Å². The molecule has 2 nitrogen and oxygen atoms in total. The fourth-order valence-corrected chi connectivity index (χ4v) is 2.64. The molecule has 1 aromatic rings. The Bertz CT molecular complexity index is 315. The lowest BCUT2D eigenvalue weighted by Crippen LogP contribution is -2.48. The van der Waals surface area contributed by atoms with Gasteiger partial charge in [-0.25, -0.2) is 0 Å². The Hall–Kier alpha value is -0.860. The third-order valence-electron chi connectivity index (χ3n) is 3.61. The quantitative estimate of drug-likeness (QED) is 0.858. The molecule has 2 rings (SSSR count). The molecule has 0 aromatic heterocycles. The minimum absolute atomic E-state index is 0.611. The lowest BCUT2D eigenvalue weighted by molar-refractivity contribution is 0.121. The summed E-state index contributed by atoms with van der Waals surface area (Å²) in [6.07, 6.45) is 2.64. The summed E-state index contributed by atoms with van der Waals surface area (Å²) in [6.45, 7) is 8.01. The summed E-state index contributed by atoms with van der Waals surface area (Å²) in [7, 11) is 0. The van der Waals surface area contributed by atoms with Crippen molar-refractivity contribution >= 4 is 0 Å². The first-order valence-corrected chi connectivity index (χ1v) is 6.78. The average Bonchev–Trinajstić information content (AvgIpc) is 2.38. The second kappa shape index (κ2) is 6.18. The number of piperidine rings is 1. The molecule has 1 saturated heterocycles. The molecule has 94 valence electrons. The second-order valence-electron chi connectivity index (χ2n) is 5.25. The zero-order valence-corrected chi connectivity index (χ0v) is 11.0. The number of nitrogens with zero attached hydrogens (tertiary/aromatic N) is 1. The number of nitrogens with one attached hydrogen (secondary N) is 1. The summed E-state index contributed by atoms with van der Waals surface area (Å²) in [4.78, 5) is 2.63. The third-order valence-corrected chi connectivity index (χ3v) is 3.61. The Morgan fingerprint density at radius 1 is 1.29 bits per heavy atom. The molecule has 0 aliphatic carbocycles. The fourth-order valence-electron chi connectivity index (χ4n) is 2.64. The average molecular weight is 232 g/mol. The summed E-state index contributed by atoms with van der Waals surface area (Å²) >= 11 is 0. The van der Waals surface area contributed by atoms with Crippen molar-refractivity contribution in [2.24, 2.45) is 0 Å². The monoisotopic (exact) mass is 232 g/mol. The van der Waals surface area contributed by atoms with Crippen LogP contribution in [0.1, 0.15) is 32.3 Å². The van der Waals surface area contributed by atoms with Crippen LogP contribution in [0.25, 0.3) is 0 Å². The van der Waals surface area contributed by atoms with Gasteiger partial charge < -0.3 is 5.32 Å². The van der Waals surface area contributed by atoms with Gasteiger partial charge >= 0.3 is 0 Å². The molecule has 1 N–H and O–H groups in total. The maximum Gasteiger partial charge on any atom is 0.0239 e. The van der Waals surface area contributed by atoms with Crippen molar-refractivity contribution in [3.63, 3.8) is 0 Å².